The van der Waals surface area contributed by atoms with Gasteiger partial charge >= 0.3 is 5.97 Å². The molecule has 0 fully saturated rings. The van der Waals surface area contributed by atoms with Crippen LogP contribution in [0.15, 0.2) is 49.3 Å². The Hall–Kier alpha value is -2.43. The van der Waals surface area contributed by atoms with Gasteiger partial charge in [0.2, 0.25) is 0 Å². The Morgan fingerprint density at radius 2 is 2.33 bits per heavy atom. The zero-order valence-electron chi connectivity index (χ0n) is 9.98. The molecule has 0 aliphatic heterocycles. The Morgan fingerprint density at radius 1 is 1.50 bits per heavy atom. The molecule has 18 heavy (non-hydrogen) atoms. The number of carbonyl (C=O) groups is 1. The van der Waals surface area contributed by atoms with Crippen molar-refractivity contribution in [1.82, 2.24) is 14.8 Å². The molecule has 5 heteroatoms. The van der Waals surface area contributed by atoms with Gasteiger partial charge in [0, 0.05) is 12.4 Å². The van der Waals surface area contributed by atoms with Crippen LogP contribution < -0.4 is 0 Å². The van der Waals surface area contributed by atoms with E-state index >= 15 is 0 Å². The summed E-state index contributed by atoms with van der Waals surface area (Å²) in [5.41, 5.74) is 0.247. The second-order valence-corrected chi connectivity index (χ2v) is 3.68. The first-order valence-corrected chi connectivity index (χ1v) is 5.51. The quantitative estimate of drug-likeness (QED) is 0.608. The minimum absolute atomic E-state index is 0.247. The van der Waals surface area contributed by atoms with Gasteiger partial charge in [-0.15, -0.1) is 0 Å². The molecule has 1 atom stereocenters. The Balaban J connectivity index is 2.22. The third-order valence-corrected chi connectivity index (χ3v) is 2.31. The van der Waals surface area contributed by atoms with Crippen LogP contribution in [0.1, 0.15) is 17.4 Å². The van der Waals surface area contributed by atoms with Crippen LogP contribution in [0.4, 0.5) is 0 Å². The molecule has 5 nitrogen and oxygen atoms in total. The maximum absolute atomic E-state index is 11.8. The largest absolute Gasteiger partial charge is 0.454 e. The molecular weight excluding hydrogens is 230 g/mol. The Labute approximate surface area is 105 Å². The predicted molar refractivity (Wildman–Crippen MR) is 66.4 cm³/mol. The Kier molecular flexibility index (Phi) is 3.52. The van der Waals surface area contributed by atoms with Gasteiger partial charge in [-0.2, -0.15) is 5.10 Å². The van der Waals surface area contributed by atoms with E-state index in [0.717, 1.165) is 0 Å². The molecule has 0 amide bonds. The predicted octanol–water partition coefficient (Wildman–Crippen LogP) is 2.00. The van der Waals surface area contributed by atoms with E-state index in [1.54, 1.807) is 54.3 Å². The molecule has 2 aromatic rings. The average Bonchev–Trinajstić information content (AvgIpc) is 2.92. The van der Waals surface area contributed by atoms with Crippen LogP contribution in [0.25, 0.3) is 5.82 Å². The number of esters is 1. The van der Waals surface area contributed by atoms with Crippen LogP contribution in [-0.4, -0.2) is 26.8 Å². The molecule has 0 N–H and O–H groups in total. The first-order valence-electron chi connectivity index (χ1n) is 5.51. The molecule has 0 saturated carbocycles. The minimum Gasteiger partial charge on any atom is -0.454 e. The van der Waals surface area contributed by atoms with Gasteiger partial charge in [-0.05, 0) is 25.1 Å². The zero-order chi connectivity index (χ0) is 13.0. The van der Waals surface area contributed by atoms with Crippen LogP contribution in [0, 0.1) is 0 Å². The van der Waals surface area contributed by atoms with Gasteiger partial charge in [-0.1, -0.05) is 18.7 Å². The number of pyridine rings is 1. The zero-order valence-corrected chi connectivity index (χ0v) is 9.98. The van der Waals surface area contributed by atoms with Crippen molar-refractivity contribution in [3.63, 3.8) is 0 Å². The highest BCUT2D eigenvalue weighted by molar-refractivity contribution is 5.87. The lowest BCUT2D eigenvalue weighted by atomic mass is 10.3. The maximum atomic E-state index is 11.8. The van der Waals surface area contributed by atoms with Gasteiger partial charge in [0.25, 0.3) is 0 Å². The van der Waals surface area contributed by atoms with E-state index < -0.39 is 5.97 Å². The highest BCUT2D eigenvalue weighted by Gasteiger charge is 2.12. The third-order valence-electron chi connectivity index (χ3n) is 2.31. The SMILES string of the molecule is C=C[C@H](C)OC(=O)c1cccc(-n2cccn2)n1. The van der Waals surface area contributed by atoms with Crippen molar-refractivity contribution < 1.29 is 9.53 Å². The number of rotatable bonds is 4. The Bertz CT molecular complexity index is 549. The van der Waals surface area contributed by atoms with Crippen LogP contribution in [0.5, 0.6) is 0 Å². The van der Waals surface area contributed by atoms with Crippen molar-refractivity contribution in [2.24, 2.45) is 0 Å². The summed E-state index contributed by atoms with van der Waals surface area (Å²) in [4.78, 5) is 16.0. The highest BCUT2D eigenvalue weighted by Crippen LogP contribution is 2.07. The summed E-state index contributed by atoms with van der Waals surface area (Å²) in [5.74, 6) is 0.0945. The van der Waals surface area contributed by atoms with E-state index in [1.807, 2.05) is 0 Å². The fraction of sp³-hybridized carbons (Fsp3) is 0.154. The van der Waals surface area contributed by atoms with Crippen molar-refractivity contribution in [3.05, 3.63) is 55.0 Å². The van der Waals surface area contributed by atoms with Crippen molar-refractivity contribution in [3.8, 4) is 5.82 Å². The number of carbonyl (C=O) groups excluding carboxylic acids is 1. The minimum atomic E-state index is -0.476. The summed E-state index contributed by atoms with van der Waals surface area (Å²) >= 11 is 0. The molecule has 2 rings (SSSR count). The molecule has 0 unspecified atom stereocenters. The first-order chi connectivity index (χ1) is 8.70. The lowest BCUT2D eigenvalue weighted by molar-refractivity contribution is 0.0418. The van der Waals surface area contributed by atoms with Crippen LogP contribution in [-0.2, 0) is 4.74 Å². The van der Waals surface area contributed by atoms with Gasteiger partial charge in [0.15, 0.2) is 11.5 Å². The molecule has 0 saturated heterocycles. The van der Waals surface area contributed by atoms with Crippen LogP contribution in [0.2, 0.25) is 0 Å². The number of nitrogens with zero attached hydrogens (tertiary/aromatic N) is 3. The number of hydrogen-bond donors (Lipinski definition) is 0. The summed E-state index contributed by atoms with van der Waals surface area (Å²) < 4.78 is 6.69. The van der Waals surface area contributed by atoms with Crippen LogP contribution >= 0.6 is 0 Å². The summed E-state index contributed by atoms with van der Waals surface area (Å²) in [6.07, 6.45) is 4.61. The van der Waals surface area contributed by atoms with Gasteiger partial charge in [0.05, 0.1) is 0 Å². The maximum Gasteiger partial charge on any atom is 0.357 e. The van der Waals surface area contributed by atoms with Crippen LogP contribution in [0.3, 0.4) is 0 Å². The number of ether oxygens (including phenoxy) is 1. The average molecular weight is 243 g/mol. The molecule has 0 radical (unpaired) electrons. The fourth-order valence-electron chi connectivity index (χ4n) is 1.35. The van der Waals surface area contributed by atoms with E-state index in [4.69, 9.17) is 4.74 Å². The molecule has 0 spiro atoms. The van der Waals surface area contributed by atoms with Gasteiger partial charge < -0.3 is 4.74 Å². The van der Waals surface area contributed by atoms with E-state index in [0.29, 0.717) is 5.82 Å². The van der Waals surface area contributed by atoms with E-state index in [9.17, 15) is 4.79 Å². The monoisotopic (exact) mass is 243 g/mol. The summed E-state index contributed by atoms with van der Waals surface area (Å²) in [5, 5.41) is 4.05. The molecule has 0 aromatic carbocycles. The molecule has 92 valence electrons. The summed E-state index contributed by atoms with van der Waals surface area (Å²) in [7, 11) is 0. The van der Waals surface area contributed by atoms with E-state index in [2.05, 4.69) is 16.7 Å². The number of hydrogen-bond acceptors (Lipinski definition) is 4. The van der Waals surface area contributed by atoms with Gasteiger partial charge in [0.1, 0.15) is 6.10 Å². The van der Waals surface area contributed by atoms with Gasteiger partial charge in [-0.25, -0.2) is 14.5 Å². The smallest absolute Gasteiger partial charge is 0.357 e. The summed E-state index contributed by atoms with van der Waals surface area (Å²) in [6.45, 7) is 5.29. The molecular formula is C13H13N3O2. The third kappa shape index (κ3) is 2.63. The number of aromatic nitrogens is 3. The standard InChI is InChI=1S/C13H13N3O2/c1-3-10(2)18-13(17)11-6-4-7-12(15-11)16-9-5-8-14-16/h3-10H,1H2,2H3/t10-/m0/s1. The van der Waals surface area contributed by atoms with Crippen molar-refractivity contribution in [1.29, 1.82) is 0 Å². The lowest BCUT2D eigenvalue weighted by Gasteiger charge is -2.08. The molecule has 0 aliphatic rings. The first kappa shape index (κ1) is 12.0. The van der Waals surface area contributed by atoms with Crippen molar-refractivity contribution in [2.45, 2.75) is 13.0 Å². The molecule has 0 bridgehead atoms. The molecule has 2 aromatic heterocycles. The second kappa shape index (κ2) is 5.27. The van der Waals surface area contributed by atoms with E-state index in [1.165, 1.54) is 0 Å². The topological polar surface area (TPSA) is 57.0 Å². The highest BCUT2D eigenvalue weighted by atomic mass is 16.5. The molecule has 2 heterocycles. The second-order valence-electron chi connectivity index (χ2n) is 3.68. The Morgan fingerprint density at radius 3 is 3.00 bits per heavy atom. The van der Waals surface area contributed by atoms with Gasteiger partial charge in [-0.3, -0.25) is 0 Å². The van der Waals surface area contributed by atoms with E-state index in [-0.39, 0.29) is 11.8 Å². The van der Waals surface area contributed by atoms with Crippen molar-refractivity contribution in [2.75, 3.05) is 0 Å². The summed E-state index contributed by atoms with van der Waals surface area (Å²) in [6, 6.07) is 6.89. The van der Waals surface area contributed by atoms with Crippen molar-refractivity contribution >= 4 is 5.97 Å². The fourth-order valence-corrected chi connectivity index (χ4v) is 1.35. The lowest BCUT2D eigenvalue weighted by Crippen LogP contribution is -2.14. The molecule has 0 aliphatic carbocycles. The normalized spacial score (nSPS) is 11.8.